The molecule has 0 spiro atoms. The summed E-state index contributed by atoms with van der Waals surface area (Å²) in [7, 11) is 0. The Morgan fingerprint density at radius 3 is 2.64 bits per heavy atom. The van der Waals surface area contributed by atoms with Crippen molar-refractivity contribution < 1.29 is 33.9 Å². The second-order valence-corrected chi connectivity index (χ2v) is 10.7. The number of aliphatic hydroxyl groups excluding tert-OH is 1. The first-order valence-corrected chi connectivity index (χ1v) is 12.4. The largest absolute Gasteiger partial charge is 0.480 e. The first-order valence-electron chi connectivity index (χ1n) is 9.80. The number of hydrogen-bond acceptors (Lipinski definition) is 9. The average molecular weight is 501 g/mol. The van der Waals surface area contributed by atoms with E-state index in [-0.39, 0.29) is 0 Å². The van der Waals surface area contributed by atoms with Crippen LogP contribution in [0, 0.1) is 0 Å². The minimum Gasteiger partial charge on any atom is -0.480 e. The summed E-state index contributed by atoms with van der Waals surface area (Å²) in [6.07, 6.45) is -2.88. The van der Waals surface area contributed by atoms with Gasteiger partial charge in [-0.1, -0.05) is 18.2 Å². The zero-order chi connectivity index (χ0) is 24.4. The molecule has 6 atom stereocenters. The van der Waals surface area contributed by atoms with E-state index in [0.29, 0.717) is 5.75 Å². The van der Waals surface area contributed by atoms with Crippen LogP contribution in [-0.2, 0) is 25.9 Å². The van der Waals surface area contributed by atoms with Crippen LogP contribution in [0.4, 0.5) is 0 Å². The van der Waals surface area contributed by atoms with Gasteiger partial charge in [-0.2, -0.15) is 0 Å². The lowest BCUT2D eigenvalue weighted by Gasteiger charge is -2.28. The lowest BCUT2D eigenvalue weighted by Crippen LogP contribution is -2.47. The van der Waals surface area contributed by atoms with Crippen LogP contribution in [0.3, 0.4) is 0 Å². The van der Waals surface area contributed by atoms with Gasteiger partial charge in [0.15, 0.2) is 6.23 Å². The molecule has 1 aliphatic heterocycles. The van der Waals surface area contributed by atoms with Crippen molar-refractivity contribution in [1.29, 1.82) is 0 Å². The maximum Gasteiger partial charge on any atom is 0.330 e. The third kappa shape index (κ3) is 5.76. The summed E-state index contributed by atoms with van der Waals surface area (Å²) in [5.74, 6) is -0.842. The van der Waals surface area contributed by atoms with Crippen molar-refractivity contribution in [2.75, 3.05) is 6.61 Å². The van der Waals surface area contributed by atoms with Crippen molar-refractivity contribution in [2.45, 2.75) is 43.9 Å². The fourth-order valence-electron chi connectivity index (χ4n) is 3.16. The zero-order valence-corrected chi connectivity index (χ0v) is 19.4. The average Bonchev–Trinajstić information content (AvgIpc) is 2.96. The lowest BCUT2D eigenvalue weighted by atomic mass is 9.96. The summed E-state index contributed by atoms with van der Waals surface area (Å²) in [5, 5.41) is 33.3. The SMILES string of the molecule is CC(N[P@](=S)(OC[C@H]1O[C@@H](n2ccc(=O)[nH]c2=O)[C@](C)(O)[C@@H]1O)Oc1ccccc1)C(=O)O. The molecule has 0 amide bonds. The first kappa shape index (κ1) is 25.2. The zero-order valence-electron chi connectivity index (χ0n) is 17.7. The van der Waals surface area contributed by atoms with Crippen molar-refractivity contribution >= 4 is 24.4 Å². The molecule has 0 radical (unpaired) electrons. The second-order valence-electron chi connectivity index (χ2n) is 7.60. The number of benzene rings is 1. The molecule has 33 heavy (non-hydrogen) atoms. The van der Waals surface area contributed by atoms with Crippen LogP contribution in [-0.4, -0.2) is 61.3 Å². The Labute approximate surface area is 193 Å². The topological polar surface area (TPSA) is 172 Å². The van der Waals surface area contributed by atoms with Crippen molar-refractivity contribution in [3.63, 3.8) is 0 Å². The highest BCUT2D eigenvalue weighted by Crippen LogP contribution is 2.47. The minimum atomic E-state index is -3.47. The predicted molar refractivity (Wildman–Crippen MR) is 119 cm³/mol. The highest BCUT2D eigenvalue weighted by molar-refractivity contribution is 8.09. The number of aliphatic hydroxyl groups is 2. The second kappa shape index (κ2) is 9.85. The van der Waals surface area contributed by atoms with E-state index in [1.807, 2.05) is 4.98 Å². The molecule has 0 aliphatic carbocycles. The van der Waals surface area contributed by atoms with Crippen LogP contribution in [0.5, 0.6) is 5.75 Å². The number of carboxylic acid groups (broad SMARTS) is 1. The Morgan fingerprint density at radius 2 is 2.03 bits per heavy atom. The summed E-state index contributed by atoms with van der Waals surface area (Å²) < 4.78 is 18.1. The van der Waals surface area contributed by atoms with Gasteiger partial charge in [0.05, 0.1) is 6.61 Å². The molecule has 1 aromatic carbocycles. The number of aromatic nitrogens is 2. The molecule has 1 aromatic heterocycles. The van der Waals surface area contributed by atoms with E-state index in [2.05, 4.69) is 5.09 Å². The molecule has 2 aromatic rings. The number of aromatic amines is 1. The van der Waals surface area contributed by atoms with E-state index in [1.54, 1.807) is 30.3 Å². The number of H-pyrrole nitrogens is 1. The number of carbonyl (C=O) groups is 1. The van der Waals surface area contributed by atoms with E-state index >= 15 is 0 Å². The van der Waals surface area contributed by atoms with Gasteiger partial charge in [-0.05, 0) is 37.8 Å². The Kier molecular flexibility index (Phi) is 7.54. The van der Waals surface area contributed by atoms with Crippen LogP contribution >= 0.6 is 6.64 Å². The maximum atomic E-state index is 12.1. The van der Waals surface area contributed by atoms with Gasteiger partial charge in [0.2, 0.25) is 0 Å². The number of carboxylic acids is 1. The van der Waals surface area contributed by atoms with Crippen molar-refractivity contribution in [3.8, 4) is 5.75 Å². The highest BCUT2D eigenvalue weighted by Gasteiger charge is 2.53. The molecule has 1 fully saturated rings. The van der Waals surface area contributed by atoms with E-state index in [4.69, 9.17) is 25.6 Å². The fraction of sp³-hybridized carbons (Fsp3) is 0.421. The Bertz CT molecular complexity index is 1150. The third-order valence-corrected chi connectivity index (χ3v) is 7.46. The molecule has 0 saturated carbocycles. The molecule has 3 rings (SSSR count). The smallest absolute Gasteiger partial charge is 0.330 e. The number of ether oxygens (including phenoxy) is 1. The number of nitrogens with zero attached hydrogens (tertiary/aromatic N) is 1. The van der Waals surface area contributed by atoms with Gasteiger partial charge in [0.25, 0.3) is 5.56 Å². The van der Waals surface area contributed by atoms with E-state index in [9.17, 15) is 29.7 Å². The first-order chi connectivity index (χ1) is 15.4. The van der Waals surface area contributed by atoms with Gasteiger partial charge in [0, 0.05) is 12.3 Å². The number of rotatable bonds is 9. The standard InChI is InChI=1S/C19H24N3O9PS/c1-11(16(25)26)21-32(33,31-12-6-4-3-5-7-12)29-10-13-15(24)19(2,28)17(30-13)22-9-8-14(23)20-18(22)27/h3-9,11,13,15,17,24,28H,10H2,1-2H3,(H,21,33)(H,25,26)(H,20,23,27)/t11?,13-,15-,17-,19-,32+/m1/s1. The van der Waals surface area contributed by atoms with Crippen LogP contribution in [0.2, 0.25) is 0 Å². The van der Waals surface area contributed by atoms with Crippen LogP contribution in [0.15, 0.2) is 52.2 Å². The summed E-state index contributed by atoms with van der Waals surface area (Å²) in [6, 6.07) is 8.34. The van der Waals surface area contributed by atoms with E-state index in [1.165, 1.54) is 13.8 Å². The minimum absolute atomic E-state index is 0.337. The summed E-state index contributed by atoms with van der Waals surface area (Å²) >= 11 is 5.47. The van der Waals surface area contributed by atoms with E-state index < -0.39 is 60.5 Å². The molecular formula is C19H24N3O9PS. The van der Waals surface area contributed by atoms with Gasteiger partial charge < -0.3 is 29.1 Å². The number of nitrogens with one attached hydrogen (secondary N) is 2. The highest BCUT2D eigenvalue weighted by atomic mass is 32.5. The van der Waals surface area contributed by atoms with Gasteiger partial charge in [-0.25, -0.2) is 9.88 Å². The fourth-order valence-corrected chi connectivity index (χ4v) is 5.59. The Balaban J connectivity index is 1.80. The maximum absolute atomic E-state index is 12.1. The van der Waals surface area contributed by atoms with E-state index in [0.717, 1.165) is 16.8 Å². The number of para-hydroxylation sites is 1. The quantitative estimate of drug-likeness (QED) is 0.291. The molecular weight excluding hydrogens is 477 g/mol. The van der Waals surface area contributed by atoms with Gasteiger partial charge in [-0.15, -0.1) is 0 Å². The molecule has 1 saturated heterocycles. The Hall–Kier alpha value is -2.38. The van der Waals surface area contributed by atoms with Gasteiger partial charge in [-0.3, -0.25) is 19.1 Å². The molecule has 5 N–H and O–H groups in total. The molecule has 1 unspecified atom stereocenters. The molecule has 1 aliphatic rings. The van der Waals surface area contributed by atoms with Crippen molar-refractivity contribution in [1.82, 2.24) is 14.6 Å². The molecule has 0 bridgehead atoms. The lowest BCUT2D eigenvalue weighted by molar-refractivity contribution is -0.138. The van der Waals surface area contributed by atoms with Gasteiger partial charge in [0.1, 0.15) is 29.6 Å². The van der Waals surface area contributed by atoms with Crippen molar-refractivity contribution in [3.05, 3.63) is 63.4 Å². The van der Waals surface area contributed by atoms with Crippen LogP contribution in [0.25, 0.3) is 0 Å². The van der Waals surface area contributed by atoms with Crippen LogP contribution < -0.4 is 20.9 Å². The predicted octanol–water partition coefficient (Wildman–Crippen LogP) is -0.0713. The molecule has 14 heteroatoms. The van der Waals surface area contributed by atoms with Gasteiger partial charge >= 0.3 is 18.3 Å². The summed E-state index contributed by atoms with van der Waals surface area (Å²) in [6.45, 7) is -1.23. The molecule has 180 valence electrons. The van der Waals surface area contributed by atoms with Crippen molar-refractivity contribution in [2.24, 2.45) is 0 Å². The summed E-state index contributed by atoms with van der Waals surface area (Å²) in [4.78, 5) is 36.8. The monoisotopic (exact) mass is 501 g/mol. The van der Waals surface area contributed by atoms with Crippen LogP contribution in [0.1, 0.15) is 20.1 Å². The summed E-state index contributed by atoms with van der Waals surface area (Å²) in [5.41, 5.74) is -3.40. The number of hydrogen-bond donors (Lipinski definition) is 5. The number of aliphatic carboxylic acids is 1. The molecule has 2 heterocycles. The Morgan fingerprint density at radius 1 is 1.36 bits per heavy atom. The normalized spacial score (nSPS) is 27.6. The molecule has 12 nitrogen and oxygen atoms in total. The third-order valence-electron chi connectivity index (χ3n) is 4.96.